The molecule has 3 atom stereocenters. The molecule has 0 bridgehead atoms. The predicted molar refractivity (Wildman–Crippen MR) is 127 cm³/mol. The average Bonchev–Trinajstić information content (AvgIpc) is 3.32. The highest BCUT2D eigenvalue weighted by Gasteiger charge is 2.48. The number of fused-ring (bicyclic) bond motifs is 3. The summed E-state index contributed by atoms with van der Waals surface area (Å²) >= 11 is 0. The van der Waals surface area contributed by atoms with Gasteiger partial charge >= 0.3 is 12.1 Å². The van der Waals surface area contributed by atoms with Gasteiger partial charge in [-0.3, -0.25) is 9.59 Å². The normalized spacial score (nSPS) is 21.8. The Kier molecular flexibility index (Phi) is 6.34. The summed E-state index contributed by atoms with van der Waals surface area (Å²) in [6, 6.07) is 15.1. The monoisotopic (exact) mass is 460 g/mol. The molecule has 1 heterocycles. The molecular formula is C27H28N2O5. The quantitative estimate of drug-likeness (QED) is 0.644. The van der Waals surface area contributed by atoms with E-state index in [9.17, 15) is 19.5 Å². The van der Waals surface area contributed by atoms with Gasteiger partial charge in [0.1, 0.15) is 12.6 Å². The largest absolute Gasteiger partial charge is 0.481 e. The summed E-state index contributed by atoms with van der Waals surface area (Å²) in [6.07, 6.45) is 4.69. The van der Waals surface area contributed by atoms with Gasteiger partial charge in [0.2, 0.25) is 5.91 Å². The van der Waals surface area contributed by atoms with Crippen LogP contribution in [0.4, 0.5) is 4.79 Å². The van der Waals surface area contributed by atoms with Gasteiger partial charge in [0.25, 0.3) is 0 Å². The summed E-state index contributed by atoms with van der Waals surface area (Å²) in [5, 5.41) is 12.2. The Balaban J connectivity index is 1.42. The van der Waals surface area contributed by atoms with Crippen molar-refractivity contribution in [2.24, 2.45) is 11.3 Å². The number of amides is 2. The molecule has 0 radical (unpaired) electrons. The Bertz CT molecular complexity index is 1120. The van der Waals surface area contributed by atoms with Crippen LogP contribution in [0.5, 0.6) is 0 Å². The van der Waals surface area contributed by atoms with E-state index in [0.717, 1.165) is 22.3 Å². The highest BCUT2D eigenvalue weighted by Crippen LogP contribution is 2.44. The molecule has 2 aromatic rings. The fraction of sp³-hybridized carbons (Fsp3) is 0.370. The number of carboxylic acid groups (broad SMARTS) is 1. The van der Waals surface area contributed by atoms with Crippen LogP contribution in [0.25, 0.3) is 11.1 Å². The van der Waals surface area contributed by atoms with Crippen LogP contribution in [0.1, 0.15) is 37.3 Å². The molecule has 2 amide bonds. The van der Waals surface area contributed by atoms with Crippen LogP contribution < -0.4 is 5.32 Å². The van der Waals surface area contributed by atoms with Gasteiger partial charge < -0.3 is 20.1 Å². The third-order valence-corrected chi connectivity index (χ3v) is 7.16. The first-order valence-corrected chi connectivity index (χ1v) is 11.3. The van der Waals surface area contributed by atoms with E-state index in [2.05, 4.69) is 23.4 Å². The second-order valence-corrected chi connectivity index (χ2v) is 9.27. The molecule has 2 N–H and O–H groups in total. The molecule has 0 spiro atoms. The molecule has 1 aliphatic carbocycles. The van der Waals surface area contributed by atoms with Gasteiger partial charge in [-0.05, 0) is 35.1 Å². The molecule has 1 fully saturated rings. The first kappa shape index (κ1) is 23.4. The van der Waals surface area contributed by atoms with E-state index in [1.165, 1.54) is 4.90 Å². The van der Waals surface area contributed by atoms with Gasteiger partial charge in [0.05, 0.1) is 5.41 Å². The second-order valence-electron chi connectivity index (χ2n) is 9.27. The van der Waals surface area contributed by atoms with E-state index in [-0.39, 0.29) is 38.0 Å². The number of benzene rings is 2. The average molecular weight is 461 g/mol. The molecule has 176 valence electrons. The Labute approximate surface area is 199 Å². The van der Waals surface area contributed by atoms with E-state index in [1.807, 2.05) is 36.4 Å². The number of carboxylic acids is 1. The topological polar surface area (TPSA) is 95.9 Å². The van der Waals surface area contributed by atoms with Gasteiger partial charge in [-0.25, -0.2) is 4.79 Å². The number of alkyl carbamates (subject to hydrolysis) is 1. The number of nitrogens with zero attached hydrogens (tertiary/aromatic N) is 1. The molecule has 4 rings (SSSR count). The Morgan fingerprint density at radius 2 is 1.76 bits per heavy atom. The van der Waals surface area contributed by atoms with E-state index in [1.54, 1.807) is 13.8 Å². The summed E-state index contributed by atoms with van der Waals surface area (Å²) in [5.41, 5.74) is 3.38. The van der Waals surface area contributed by atoms with Gasteiger partial charge in [-0.2, -0.15) is 0 Å². The zero-order chi connectivity index (χ0) is 24.5. The van der Waals surface area contributed by atoms with Crippen molar-refractivity contribution < 1.29 is 24.2 Å². The van der Waals surface area contributed by atoms with E-state index < -0.39 is 29.4 Å². The number of carbonyl (C=O) groups excluding carboxylic acids is 2. The first-order valence-electron chi connectivity index (χ1n) is 11.3. The number of aliphatic carboxylic acids is 1. The van der Waals surface area contributed by atoms with Crippen molar-refractivity contribution in [2.45, 2.75) is 32.2 Å². The fourth-order valence-electron chi connectivity index (χ4n) is 4.92. The van der Waals surface area contributed by atoms with Crippen molar-refractivity contribution in [3.05, 3.63) is 59.7 Å². The van der Waals surface area contributed by atoms with Crippen LogP contribution in [0, 0.1) is 23.7 Å². The molecule has 2 aromatic carbocycles. The van der Waals surface area contributed by atoms with Crippen LogP contribution in [0.2, 0.25) is 0 Å². The summed E-state index contributed by atoms with van der Waals surface area (Å²) in [4.78, 5) is 38.9. The number of ether oxygens (including phenoxy) is 1. The van der Waals surface area contributed by atoms with E-state index in [4.69, 9.17) is 11.2 Å². The van der Waals surface area contributed by atoms with Crippen LogP contribution in [0.15, 0.2) is 48.5 Å². The summed E-state index contributed by atoms with van der Waals surface area (Å²) in [6.45, 7) is 3.90. The van der Waals surface area contributed by atoms with E-state index >= 15 is 0 Å². The molecule has 34 heavy (non-hydrogen) atoms. The Morgan fingerprint density at radius 1 is 1.18 bits per heavy atom. The molecule has 1 unspecified atom stereocenters. The fourth-order valence-corrected chi connectivity index (χ4v) is 4.92. The minimum Gasteiger partial charge on any atom is -0.481 e. The number of terminal acetylenes is 1. The van der Waals surface area contributed by atoms with Gasteiger partial charge in [0, 0.05) is 25.4 Å². The molecule has 7 nitrogen and oxygen atoms in total. The van der Waals surface area contributed by atoms with Crippen LogP contribution in [-0.2, 0) is 14.3 Å². The number of likely N-dealkylation sites (tertiary alicyclic amines) is 1. The number of carbonyl (C=O) groups is 3. The lowest BCUT2D eigenvalue weighted by Gasteiger charge is -2.25. The highest BCUT2D eigenvalue weighted by atomic mass is 16.5. The lowest BCUT2D eigenvalue weighted by molar-refractivity contribution is -0.149. The van der Waals surface area contributed by atoms with Crippen LogP contribution >= 0.6 is 0 Å². The molecular weight excluding hydrogens is 432 g/mol. The van der Waals surface area contributed by atoms with Gasteiger partial charge in [0.15, 0.2) is 0 Å². The third-order valence-electron chi connectivity index (χ3n) is 7.16. The maximum absolute atomic E-state index is 13.1. The van der Waals surface area contributed by atoms with Crippen molar-refractivity contribution in [3.8, 4) is 23.5 Å². The molecule has 1 aliphatic heterocycles. The standard InChI is InChI=1S/C27H28N2O5/c1-4-9-23(24(30)29-14-17(2)27(3,16-29)25(31)32)28-26(33)34-15-22-20-12-7-5-10-18(20)19-11-6-8-13-21(19)22/h1,5-8,10-13,17,22-23H,9,14-16H2,2-3H3,(H,28,33)(H,31,32)/t17-,23?,27-/m0/s1. The highest BCUT2D eigenvalue weighted by molar-refractivity contribution is 5.87. The Hall–Kier alpha value is -3.79. The van der Waals surface area contributed by atoms with E-state index in [0.29, 0.717) is 0 Å². The van der Waals surface area contributed by atoms with Gasteiger partial charge in [-0.15, -0.1) is 12.3 Å². The Morgan fingerprint density at radius 3 is 2.29 bits per heavy atom. The van der Waals surface area contributed by atoms with Crippen molar-refractivity contribution in [3.63, 3.8) is 0 Å². The third kappa shape index (κ3) is 4.12. The summed E-state index contributed by atoms with van der Waals surface area (Å²) < 4.78 is 5.55. The second kappa shape index (κ2) is 9.22. The SMILES string of the molecule is C#CCC(NC(=O)OCC1c2ccccc2-c2ccccc21)C(=O)N1C[C@H](C)[C@@](C)(C(=O)O)C1. The lowest BCUT2D eigenvalue weighted by atomic mass is 9.81. The van der Waals surface area contributed by atoms with Crippen molar-refractivity contribution in [1.82, 2.24) is 10.2 Å². The van der Waals surface area contributed by atoms with Crippen LogP contribution in [0.3, 0.4) is 0 Å². The first-order chi connectivity index (χ1) is 16.3. The molecule has 1 saturated heterocycles. The summed E-state index contributed by atoms with van der Waals surface area (Å²) in [5.74, 6) is 0.743. The van der Waals surface area contributed by atoms with Crippen LogP contribution in [-0.4, -0.2) is 53.7 Å². The number of rotatable bonds is 6. The minimum atomic E-state index is -1.04. The maximum atomic E-state index is 13.1. The minimum absolute atomic E-state index is 0.0162. The lowest BCUT2D eigenvalue weighted by Crippen LogP contribution is -2.48. The van der Waals surface area contributed by atoms with Crippen molar-refractivity contribution >= 4 is 18.0 Å². The molecule has 0 aromatic heterocycles. The van der Waals surface area contributed by atoms with Crippen molar-refractivity contribution in [1.29, 1.82) is 0 Å². The number of hydrogen-bond donors (Lipinski definition) is 2. The number of hydrogen-bond acceptors (Lipinski definition) is 4. The maximum Gasteiger partial charge on any atom is 0.407 e. The zero-order valence-corrected chi connectivity index (χ0v) is 19.3. The van der Waals surface area contributed by atoms with Crippen molar-refractivity contribution in [2.75, 3.05) is 19.7 Å². The smallest absolute Gasteiger partial charge is 0.407 e. The predicted octanol–water partition coefficient (Wildman–Crippen LogP) is 3.49. The molecule has 0 saturated carbocycles. The number of nitrogens with one attached hydrogen (secondary N) is 1. The summed E-state index contributed by atoms with van der Waals surface area (Å²) in [7, 11) is 0. The van der Waals surface area contributed by atoms with Gasteiger partial charge in [-0.1, -0.05) is 55.5 Å². The zero-order valence-electron chi connectivity index (χ0n) is 19.3. The molecule has 2 aliphatic rings. The molecule has 7 heteroatoms.